The minimum absolute atomic E-state index is 0.251. The van der Waals surface area contributed by atoms with Crippen LogP contribution < -0.4 is 5.73 Å². The number of hydrogen-bond acceptors (Lipinski definition) is 3. The normalized spacial score (nSPS) is 34.2. The molecule has 0 aromatic rings. The van der Waals surface area contributed by atoms with Gasteiger partial charge in [-0.1, -0.05) is 0 Å². The summed E-state index contributed by atoms with van der Waals surface area (Å²) in [5.74, 6) is 0.597. The van der Waals surface area contributed by atoms with Gasteiger partial charge >= 0.3 is 5.97 Å². The van der Waals surface area contributed by atoms with Crippen molar-refractivity contribution in [1.82, 2.24) is 4.90 Å². The highest BCUT2D eigenvalue weighted by Gasteiger charge is 2.45. The van der Waals surface area contributed by atoms with Gasteiger partial charge in [0, 0.05) is 26.2 Å². The van der Waals surface area contributed by atoms with E-state index >= 15 is 0 Å². The van der Waals surface area contributed by atoms with Crippen LogP contribution in [0.4, 0.5) is 0 Å². The van der Waals surface area contributed by atoms with Crippen LogP contribution in [-0.4, -0.2) is 42.2 Å². The van der Waals surface area contributed by atoms with Gasteiger partial charge in [-0.05, 0) is 18.3 Å². The van der Waals surface area contributed by atoms with Crippen molar-refractivity contribution in [3.05, 3.63) is 0 Å². The predicted molar refractivity (Wildman–Crippen MR) is 48.2 cm³/mol. The number of carboxylic acids is 1. The molecule has 0 aromatic carbocycles. The lowest BCUT2D eigenvalue weighted by Gasteiger charge is -2.20. The van der Waals surface area contributed by atoms with Gasteiger partial charge in [0.1, 0.15) is 0 Å². The molecule has 0 aromatic heterocycles. The molecule has 0 bridgehead atoms. The molecule has 3 unspecified atom stereocenters. The molecule has 0 spiro atoms. The van der Waals surface area contributed by atoms with Gasteiger partial charge in [0.2, 0.25) is 0 Å². The van der Waals surface area contributed by atoms with Crippen LogP contribution >= 0.6 is 0 Å². The lowest BCUT2D eigenvalue weighted by atomic mass is 10.1. The number of carboxylic acid groups (broad SMARTS) is 1. The average Bonchev–Trinajstić information content (AvgIpc) is 2.70. The van der Waals surface area contributed by atoms with Crippen molar-refractivity contribution in [3.8, 4) is 0 Å². The van der Waals surface area contributed by atoms with Crippen molar-refractivity contribution < 1.29 is 9.90 Å². The molecule has 0 amide bonds. The molecule has 1 saturated carbocycles. The van der Waals surface area contributed by atoms with Gasteiger partial charge in [-0.2, -0.15) is 0 Å². The topological polar surface area (TPSA) is 66.6 Å². The standard InChI is InChI=1S/C9H16N2O2/c10-2-8(9(12)13)5-11-3-6-1-7(6)4-11/h6-8H,1-5,10H2,(H,12,13). The van der Waals surface area contributed by atoms with Crippen molar-refractivity contribution in [3.63, 3.8) is 0 Å². The predicted octanol–water partition coefficient (Wildman–Crippen LogP) is -0.402. The molecule has 2 aliphatic rings. The molecule has 74 valence electrons. The molecule has 4 heteroatoms. The van der Waals surface area contributed by atoms with E-state index in [2.05, 4.69) is 4.90 Å². The highest BCUT2D eigenvalue weighted by Crippen LogP contribution is 2.44. The first-order chi connectivity index (χ1) is 6.20. The number of piperidine rings is 1. The number of rotatable bonds is 4. The van der Waals surface area contributed by atoms with Gasteiger partial charge in [0.15, 0.2) is 0 Å². The van der Waals surface area contributed by atoms with Crippen molar-refractivity contribution in [2.24, 2.45) is 23.5 Å². The number of nitrogens with zero attached hydrogens (tertiary/aromatic N) is 1. The van der Waals surface area contributed by atoms with Gasteiger partial charge in [-0.15, -0.1) is 0 Å². The van der Waals surface area contributed by atoms with E-state index in [9.17, 15) is 4.79 Å². The van der Waals surface area contributed by atoms with Crippen LogP contribution in [0.25, 0.3) is 0 Å². The van der Waals surface area contributed by atoms with Crippen LogP contribution in [0.1, 0.15) is 6.42 Å². The number of carbonyl (C=O) groups is 1. The number of fused-ring (bicyclic) bond motifs is 1. The van der Waals surface area contributed by atoms with E-state index in [4.69, 9.17) is 10.8 Å². The first kappa shape index (κ1) is 8.97. The third-order valence-corrected chi connectivity index (χ3v) is 3.17. The van der Waals surface area contributed by atoms with Gasteiger partial charge in [0.25, 0.3) is 0 Å². The van der Waals surface area contributed by atoms with E-state index in [0.29, 0.717) is 6.54 Å². The second-order valence-electron chi connectivity index (χ2n) is 4.25. The summed E-state index contributed by atoms with van der Waals surface area (Å²) in [7, 11) is 0. The summed E-state index contributed by atoms with van der Waals surface area (Å²) in [6.07, 6.45) is 1.36. The first-order valence-corrected chi connectivity index (χ1v) is 4.86. The Morgan fingerprint density at radius 3 is 2.62 bits per heavy atom. The van der Waals surface area contributed by atoms with Crippen molar-refractivity contribution in [1.29, 1.82) is 0 Å². The molecule has 1 aliphatic heterocycles. The minimum Gasteiger partial charge on any atom is -0.481 e. The summed E-state index contributed by atoms with van der Waals surface area (Å²) in [6, 6.07) is 0. The summed E-state index contributed by atoms with van der Waals surface area (Å²) in [5, 5.41) is 8.80. The highest BCUT2D eigenvalue weighted by molar-refractivity contribution is 5.70. The first-order valence-electron chi connectivity index (χ1n) is 4.86. The van der Waals surface area contributed by atoms with Gasteiger partial charge in [-0.25, -0.2) is 0 Å². The second kappa shape index (κ2) is 3.27. The SMILES string of the molecule is NCC(CN1CC2CC2C1)C(=O)O. The average molecular weight is 184 g/mol. The van der Waals surface area contributed by atoms with Gasteiger partial charge in [0.05, 0.1) is 5.92 Å². The number of likely N-dealkylation sites (tertiary alicyclic amines) is 1. The zero-order chi connectivity index (χ0) is 9.42. The summed E-state index contributed by atoms with van der Waals surface area (Å²) >= 11 is 0. The zero-order valence-electron chi connectivity index (χ0n) is 7.65. The minimum atomic E-state index is -0.761. The molecule has 0 radical (unpaired) electrons. The van der Waals surface area contributed by atoms with E-state index in [1.165, 1.54) is 6.42 Å². The van der Waals surface area contributed by atoms with Crippen molar-refractivity contribution >= 4 is 5.97 Å². The summed E-state index contributed by atoms with van der Waals surface area (Å²) in [4.78, 5) is 12.9. The van der Waals surface area contributed by atoms with Crippen LogP contribution in [0.5, 0.6) is 0 Å². The Morgan fingerprint density at radius 2 is 2.15 bits per heavy atom. The van der Waals surface area contributed by atoms with Crippen LogP contribution in [0.15, 0.2) is 0 Å². The molecule has 3 N–H and O–H groups in total. The molecule has 4 nitrogen and oxygen atoms in total. The molecule has 13 heavy (non-hydrogen) atoms. The maximum atomic E-state index is 10.7. The van der Waals surface area contributed by atoms with Crippen molar-refractivity contribution in [2.45, 2.75) is 6.42 Å². The van der Waals surface area contributed by atoms with Crippen LogP contribution in [-0.2, 0) is 4.79 Å². The summed E-state index contributed by atoms with van der Waals surface area (Å²) < 4.78 is 0. The molecule has 1 heterocycles. The Balaban J connectivity index is 1.79. The molecular weight excluding hydrogens is 168 g/mol. The van der Waals surface area contributed by atoms with E-state index in [0.717, 1.165) is 24.9 Å². The fourth-order valence-electron chi connectivity index (χ4n) is 2.21. The molecule has 2 fully saturated rings. The lowest BCUT2D eigenvalue weighted by molar-refractivity contribution is -0.142. The second-order valence-corrected chi connectivity index (χ2v) is 4.25. The molecule has 2 rings (SSSR count). The Morgan fingerprint density at radius 1 is 1.54 bits per heavy atom. The molecular formula is C9H16N2O2. The molecule has 1 aliphatic carbocycles. The Kier molecular flexibility index (Phi) is 2.26. The highest BCUT2D eigenvalue weighted by atomic mass is 16.4. The zero-order valence-corrected chi connectivity index (χ0v) is 7.65. The van der Waals surface area contributed by atoms with E-state index in [-0.39, 0.29) is 12.5 Å². The van der Waals surface area contributed by atoms with Crippen molar-refractivity contribution in [2.75, 3.05) is 26.2 Å². The summed E-state index contributed by atoms with van der Waals surface area (Å²) in [6.45, 7) is 3.07. The number of hydrogen-bond donors (Lipinski definition) is 2. The van der Waals surface area contributed by atoms with E-state index < -0.39 is 5.97 Å². The van der Waals surface area contributed by atoms with Gasteiger partial charge < -0.3 is 15.7 Å². The van der Waals surface area contributed by atoms with E-state index in [1.54, 1.807) is 0 Å². The number of aliphatic carboxylic acids is 1. The van der Waals surface area contributed by atoms with Crippen LogP contribution in [0.3, 0.4) is 0 Å². The smallest absolute Gasteiger partial charge is 0.309 e. The van der Waals surface area contributed by atoms with Gasteiger partial charge in [-0.3, -0.25) is 4.79 Å². The monoisotopic (exact) mass is 184 g/mol. The largest absolute Gasteiger partial charge is 0.481 e. The fraction of sp³-hybridized carbons (Fsp3) is 0.889. The summed E-state index contributed by atoms with van der Waals surface area (Å²) in [5.41, 5.74) is 5.39. The third kappa shape index (κ3) is 1.84. The maximum Gasteiger partial charge on any atom is 0.309 e. The molecule has 1 saturated heterocycles. The quantitative estimate of drug-likeness (QED) is 0.623. The van der Waals surface area contributed by atoms with E-state index in [1.807, 2.05) is 0 Å². The maximum absolute atomic E-state index is 10.7. The number of nitrogens with two attached hydrogens (primary N) is 1. The fourth-order valence-corrected chi connectivity index (χ4v) is 2.21. The van der Waals surface area contributed by atoms with Crippen LogP contribution in [0, 0.1) is 17.8 Å². The Hall–Kier alpha value is -0.610. The third-order valence-electron chi connectivity index (χ3n) is 3.17. The van der Waals surface area contributed by atoms with Crippen LogP contribution in [0.2, 0.25) is 0 Å². The Labute approximate surface area is 77.7 Å². The molecule has 3 atom stereocenters. The Bertz CT molecular complexity index is 210. The lowest BCUT2D eigenvalue weighted by Crippen LogP contribution is -2.36.